The quantitative estimate of drug-likeness (QED) is 0.596. The highest BCUT2D eigenvalue weighted by Crippen LogP contribution is 2.50. The largest absolute Gasteiger partial charge is 0.488 e. The molecule has 0 saturated heterocycles. The third kappa shape index (κ3) is 3.33. The lowest BCUT2D eigenvalue weighted by Gasteiger charge is -2.29. The van der Waals surface area contributed by atoms with Gasteiger partial charge in [-0.2, -0.15) is 0 Å². The molecule has 0 bridgehead atoms. The van der Waals surface area contributed by atoms with Gasteiger partial charge in [-0.3, -0.25) is 0 Å². The van der Waals surface area contributed by atoms with Crippen LogP contribution in [0.4, 0.5) is 11.4 Å². The van der Waals surface area contributed by atoms with E-state index in [-0.39, 0.29) is 5.41 Å². The van der Waals surface area contributed by atoms with E-state index in [0.29, 0.717) is 5.46 Å². The van der Waals surface area contributed by atoms with E-state index in [4.69, 9.17) is 0 Å². The second kappa shape index (κ2) is 7.56. The molecule has 5 rings (SSSR count). The molecule has 0 atom stereocenters. The zero-order valence-corrected chi connectivity index (χ0v) is 17.9. The van der Waals surface area contributed by atoms with E-state index in [1.807, 2.05) is 12.1 Å². The summed E-state index contributed by atoms with van der Waals surface area (Å²) in [5.74, 6) is 0. The number of allylic oxidation sites excluding steroid dienone is 3. The van der Waals surface area contributed by atoms with Gasteiger partial charge >= 0.3 is 7.12 Å². The van der Waals surface area contributed by atoms with Crippen LogP contribution in [0.25, 0.3) is 11.1 Å². The maximum absolute atomic E-state index is 9.49. The minimum Gasteiger partial charge on any atom is -0.423 e. The molecular formula is C27H26BNO2. The Morgan fingerprint density at radius 2 is 1.52 bits per heavy atom. The van der Waals surface area contributed by atoms with Crippen molar-refractivity contribution in [2.75, 3.05) is 4.90 Å². The Bertz CT molecular complexity index is 1190. The summed E-state index contributed by atoms with van der Waals surface area (Å²) in [6.07, 6.45) is 8.71. The summed E-state index contributed by atoms with van der Waals surface area (Å²) in [4.78, 5) is 2.25. The molecule has 0 saturated carbocycles. The van der Waals surface area contributed by atoms with Crippen LogP contribution in [0, 0.1) is 0 Å². The standard InChI is InChI=1S/C27H26BNO2/c1-27(2)25-11-7-6-10-23(25)24-17-16-22(18-26(24)27)29(20-8-4-3-5-9-20)21-14-12-19(13-15-21)28(30)31/h4,6-18,30-31H,3,5H2,1-2H3. The van der Waals surface area contributed by atoms with Gasteiger partial charge in [0, 0.05) is 22.5 Å². The summed E-state index contributed by atoms with van der Waals surface area (Å²) in [7, 11) is -1.46. The third-order valence-corrected chi connectivity index (χ3v) is 6.51. The first-order valence-corrected chi connectivity index (χ1v) is 10.8. The molecule has 3 nitrogen and oxygen atoms in total. The molecule has 0 amide bonds. The van der Waals surface area contributed by atoms with E-state index in [2.05, 4.69) is 79.4 Å². The number of rotatable bonds is 4. The molecule has 0 unspecified atom stereocenters. The van der Waals surface area contributed by atoms with E-state index < -0.39 is 7.12 Å². The van der Waals surface area contributed by atoms with Gasteiger partial charge < -0.3 is 14.9 Å². The smallest absolute Gasteiger partial charge is 0.423 e. The molecule has 2 aliphatic rings. The van der Waals surface area contributed by atoms with Gasteiger partial charge in [-0.05, 0) is 70.9 Å². The maximum atomic E-state index is 9.49. The Balaban J connectivity index is 1.64. The number of fused-ring (bicyclic) bond motifs is 3. The van der Waals surface area contributed by atoms with Crippen molar-refractivity contribution >= 4 is 24.0 Å². The molecule has 3 aromatic rings. The fourth-order valence-electron chi connectivity index (χ4n) is 4.84. The van der Waals surface area contributed by atoms with Crippen LogP contribution >= 0.6 is 0 Å². The van der Waals surface area contributed by atoms with Gasteiger partial charge in [0.1, 0.15) is 0 Å². The predicted molar refractivity (Wildman–Crippen MR) is 129 cm³/mol. The Labute approximate surface area is 184 Å². The summed E-state index contributed by atoms with van der Waals surface area (Å²) >= 11 is 0. The van der Waals surface area contributed by atoms with Crippen LogP contribution in [0.3, 0.4) is 0 Å². The first-order chi connectivity index (χ1) is 15.0. The maximum Gasteiger partial charge on any atom is 0.488 e. The van der Waals surface area contributed by atoms with Gasteiger partial charge in [-0.15, -0.1) is 0 Å². The van der Waals surface area contributed by atoms with Gasteiger partial charge in [-0.1, -0.05) is 68.5 Å². The SMILES string of the molecule is CC1(C)c2ccccc2-c2ccc(N(C3=CCCC=C3)c3ccc(B(O)O)cc3)cc21. The second-order valence-electron chi connectivity index (χ2n) is 8.81. The summed E-state index contributed by atoms with van der Waals surface area (Å²) in [5.41, 5.74) is 8.99. The summed E-state index contributed by atoms with van der Waals surface area (Å²) in [6.45, 7) is 4.59. The lowest BCUT2D eigenvalue weighted by molar-refractivity contribution is 0.426. The Hall–Kier alpha value is -3.08. The van der Waals surface area contributed by atoms with Gasteiger partial charge in [0.05, 0.1) is 0 Å². The van der Waals surface area contributed by atoms with E-state index in [1.54, 1.807) is 12.1 Å². The first-order valence-electron chi connectivity index (χ1n) is 10.8. The molecule has 0 heterocycles. The fraction of sp³-hybridized carbons (Fsp3) is 0.185. The molecule has 0 aliphatic heterocycles. The molecule has 0 aromatic heterocycles. The van der Waals surface area contributed by atoms with Crippen LogP contribution < -0.4 is 10.4 Å². The molecule has 3 aromatic carbocycles. The van der Waals surface area contributed by atoms with Crippen molar-refractivity contribution in [1.29, 1.82) is 0 Å². The number of benzene rings is 3. The van der Waals surface area contributed by atoms with Crippen LogP contribution in [-0.4, -0.2) is 17.2 Å². The molecular weight excluding hydrogens is 381 g/mol. The highest BCUT2D eigenvalue weighted by atomic mass is 16.4. The molecule has 2 N–H and O–H groups in total. The monoisotopic (exact) mass is 407 g/mol. The van der Waals surface area contributed by atoms with Crippen LogP contribution in [0.2, 0.25) is 0 Å². The van der Waals surface area contributed by atoms with Crippen LogP contribution in [-0.2, 0) is 5.41 Å². The molecule has 4 heteroatoms. The topological polar surface area (TPSA) is 43.7 Å². The van der Waals surface area contributed by atoms with Crippen LogP contribution in [0.1, 0.15) is 37.8 Å². The first kappa shape index (κ1) is 19.9. The predicted octanol–water partition coefficient (Wildman–Crippen LogP) is 5.04. The number of anilines is 2. The van der Waals surface area contributed by atoms with Crippen molar-refractivity contribution in [3.8, 4) is 11.1 Å². The Morgan fingerprint density at radius 1 is 0.806 bits per heavy atom. The summed E-state index contributed by atoms with van der Waals surface area (Å²) in [5, 5.41) is 19.0. The van der Waals surface area contributed by atoms with Crippen molar-refractivity contribution in [2.45, 2.75) is 32.1 Å². The van der Waals surface area contributed by atoms with Crippen molar-refractivity contribution in [3.05, 3.63) is 102 Å². The molecule has 31 heavy (non-hydrogen) atoms. The second-order valence-corrected chi connectivity index (χ2v) is 8.81. The zero-order valence-electron chi connectivity index (χ0n) is 17.9. The van der Waals surface area contributed by atoms with E-state index >= 15 is 0 Å². The van der Waals surface area contributed by atoms with Crippen LogP contribution in [0.15, 0.2) is 90.7 Å². The van der Waals surface area contributed by atoms with Crippen molar-refractivity contribution < 1.29 is 10.0 Å². The van der Waals surface area contributed by atoms with Gasteiger partial charge in [0.15, 0.2) is 0 Å². The summed E-state index contributed by atoms with van der Waals surface area (Å²) < 4.78 is 0. The van der Waals surface area contributed by atoms with Gasteiger partial charge in [-0.25, -0.2) is 0 Å². The molecule has 0 radical (unpaired) electrons. The Morgan fingerprint density at radius 3 is 2.23 bits per heavy atom. The molecule has 2 aliphatic carbocycles. The van der Waals surface area contributed by atoms with E-state index in [1.165, 1.54) is 22.3 Å². The van der Waals surface area contributed by atoms with E-state index in [9.17, 15) is 10.0 Å². The summed E-state index contributed by atoms with van der Waals surface area (Å²) in [6, 6.07) is 22.9. The highest BCUT2D eigenvalue weighted by molar-refractivity contribution is 6.58. The van der Waals surface area contributed by atoms with Crippen molar-refractivity contribution in [1.82, 2.24) is 0 Å². The van der Waals surface area contributed by atoms with Gasteiger partial charge in [0.25, 0.3) is 0 Å². The lowest BCUT2D eigenvalue weighted by Crippen LogP contribution is -2.29. The molecule has 0 spiro atoms. The molecule has 154 valence electrons. The Kier molecular flexibility index (Phi) is 4.84. The van der Waals surface area contributed by atoms with E-state index in [0.717, 1.165) is 29.9 Å². The van der Waals surface area contributed by atoms with Gasteiger partial charge in [0.2, 0.25) is 0 Å². The normalized spacial score (nSPS) is 15.8. The van der Waals surface area contributed by atoms with Crippen LogP contribution in [0.5, 0.6) is 0 Å². The highest BCUT2D eigenvalue weighted by Gasteiger charge is 2.35. The number of hydrogen-bond acceptors (Lipinski definition) is 3. The zero-order chi connectivity index (χ0) is 21.6. The number of nitrogens with zero attached hydrogens (tertiary/aromatic N) is 1. The van der Waals surface area contributed by atoms with Crippen molar-refractivity contribution in [2.24, 2.45) is 0 Å². The number of hydrogen-bond donors (Lipinski definition) is 2. The lowest BCUT2D eigenvalue weighted by atomic mass is 9.80. The molecule has 0 fully saturated rings. The average Bonchev–Trinajstić information content (AvgIpc) is 3.02. The minimum absolute atomic E-state index is 0.0603. The average molecular weight is 407 g/mol. The minimum atomic E-state index is -1.46. The third-order valence-electron chi connectivity index (χ3n) is 6.51. The fourth-order valence-corrected chi connectivity index (χ4v) is 4.84. The van der Waals surface area contributed by atoms with Crippen molar-refractivity contribution in [3.63, 3.8) is 0 Å².